The molecule has 1 aromatic rings. The summed E-state index contributed by atoms with van der Waals surface area (Å²) >= 11 is 6.18. The number of rotatable bonds is 3. The lowest BCUT2D eigenvalue weighted by molar-refractivity contribution is -0.143. The Labute approximate surface area is 141 Å². The molecule has 6 heteroatoms. The quantitative estimate of drug-likeness (QED) is 0.851. The average molecular weight is 337 g/mol. The number of amides is 2. The molecule has 0 aliphatic carbocycles. The third kappa shape index (κ3) is 3.35. The van der Waals surface area contributed by atoms with Crippen molar-refractivity contribution in [2.24, 2.45) is 5.92 Å². The lowest BCUT2D eigenvalue weighted by Gasteiger charge is -2.34. The van der Waals surface area contributed by atoms with Gasteiger partial charge in [-0.25, -0.2) is 0 Å². The van der Waals surface area contributed by atoms with Crippen LogP contribution in [-0.2, 0) is 14.3 Å². The van der Waals surface area contributed by atoms with Gasteiger partial charge in [0, 0.05) is 26.1 Å². The Morgan fingerprint density at radius 3 is 2.87 bits per heavy atom. The van der Waals surface area contributed by atoms with E-state index in [9.17, 15) is 9.59 Å². The summed E-state index contributed by atoms with van der Waals surface area (Å²) < 4.78 is 5.61. The van der Waals surface area contributed by atoms with Crippen LogP contribution in [-0.4, -0.2) is 49.1 Å². The maximum absolute atomic E-state index is 12.7. The van der Waals surface area contributed by atoms with E-state index in [4.69, 9.17) is 16.3 Å². The standard InChI is InChI=1S/C17H21ClN2O3/c1-2-13-11-19(7-8-23-13)17(22)12-9-16(21)20(10-12)15-6-4-3-5-14(15)18/h3-6,12-13H,2,7-11H2,1H3. The van der Waals surface area contributed by atoms with Crippen molar-refractivity contribution in [1.82, 2.24) is 4.90 Å². The fraction of sp³-hybridized carbons (Fsp3) is 0.529. The van der Waals surface area contributed by atoms with E-state index in [-0.39, 0.29) is 30.3 Å². The number of hydrogen-bond acceptors (Lipinski definition) is 3. The van der Waals surface area contributed by atoms with Gasteiger partial charge in [0.05, 0.1) is 29.3 Å². The molecule has 2 saturated heterocycles. The first-order valence-corrected chi connectivity index (χ1v) is 8.43. The molecule has 0 radical (unpaired) electrons. The Kier molecular flexibility index (Phi) is 4.87. The molecule has 2 aliphatic rings. The minimum absolute atomic E-state index is 0.0447. The number of ether oxygens (including phenoxy) is 1. The van der Waals surface area contributed by atoms with Gasteiger partial charge in [-0.05, 0) is 18.6 Å². The molecule has 2 heterocycles. The van der Waals surface area contributed by atoms with Gasteiger partial charge in [-0.1, -0.05) is 30.7 Å². The largest absolute Gasteiger partial charge is 0.375 e. The fourth-order valence-electron chi connectivity index (χ4n) is 3.20. The van der Waals surface area contributed by atoms with E-state index in [0.29, 0.717) is 37.0 Å². The zero-order valence-corrected chi connectivity index (χ0v) is 14.0. The highest BCUT2D eigenvalue weighted by Crippen LogP contribution is 2.31. The number of carbonyl (C=O) groups excluding carboxylic acids is 2. The van der Waals surface area contributed by atoms with E-state index >= 15 is 0 Å². The van der Waals surface area contributed by atoms with Crippen LogP contribution in [0.5, 0.6) is 0 Å². The minimum Gasteiger partial charge on any atom is -0.375 e. The van der Waals surface area contributed by atoms with Crippen molar-refractivity contribution in [1.29, 1.82) is 0 Å². The van der Waals surface area contributed by atoms with Gasteiger partial charge >= 0.3 is 0 Å². The molecule has 2 atom stereocenters. The average Bonchev–Trinajstić information content (AvgIpc) is 2.96. The minimum atomic E-state index is -0.297. The highest BCUT2D eigenvalue weighted by atomic mass is 35.5. The van der Waals surface area contributed by atoms with Crippen LogP contribution in [0, 0.1) is 5.92 Å². The molecule has 23 heavy (non-hydrogen) atoms. The van der Waals surface area contributed by atoms with Gasteiger partial charge in [-0.2, -0.15) is 0 Å². The van der Waals surface area contributed by atoms with Crippen molar-refractivity contribution in [2.45, 2.75) is 25.9 Å². The summed E-state index contributed by atoms with van der Waals surface area (Å²) in [5.41, 5.74) is 0.683. The van der Waals surface area contributed by atoms with E-state index in [1.54, 1.807) is 11.0 Å². The van der Waals surface area contributed by atoms with Crippen molar-refractivity contribution in [3.8, 4) is 0 Å². The van der Waals surface area contributed by atoms with E-state index in [0.717, 1.165) is 6.42 Å². The second-order valence-corrected chi connectivity index (χ2v) is 6.45. The fourth-order valence-corrected chi connectivity index (χ4v) is 3.44. The topological polar surface area (TPSA) is 49.9 Å². The van der Waals surface area contributed by atoms with Crippen molar-refractivity contribution >= 4 is 29.1 Å². The van der Waals surface area contributed by atoms with Crippen LogP contribution in [0.1, 0.15) is 19.8 Å². The van der Waals surface area contributed by atoms with Gasteiger partial charge in [0.1, 0.15) is 0 Å². The number of anilines is 1. The molecule has 2 aliphatic heterocycles. The van der Waals surface area contributed by atoms with Crippen molar-refractivity contribution < 1.29 is 14.3 Å². The lowest BCUT2D eigenvalue weighted by Crippen LogP contribution is -2.48. The monoisotopic (exact) mass is 336 g/mol. The van der Waals surface area contributed by atoms with Gasteiger partial charge < -0.3 is 14.5 Å². The number of morpholine rings is 1. The van der Waals surface area contributed by atoms with E-state index in [1.807, 2.05) is 23.1 Å². The van der Waals surface area contributed by atoms with Crippen LogP contribution >= 0.6 is 11.6 Å². The summed E-state index contributed by atoms with van der Waals surface area (Å²) in [5, 5.41) is 0.534. The number of benzene rings is 1. The molecule has 0 N–H and O–H groups in total. The zero-order valence-electron chi connectivity index (χ0n) is 13.2. The van der Waals surface area contributed by atoms with E-state index in [1.165, 1.54) is 0 Å². The van der Waals surface area contributed by atoms with Gasteiger partial charge in [0.15, 0.2) is 0 Å². The Balaban J connectivity index is 1.70. The van der Waals surface area contributed by atoms with Gasteiger partial charge in [-0.15, -0.1) is 0 Å². The first-order valence-electron chi connectivity index (χ1n) is 8.05. The molecule has 1 aromatic carbocycles. The molecular weight excluding hydrogens is 316 g/mol. The predicted octanol–water partition coefficient (Wildman–Crippen LogP) is 2.33. The van der Waals surface area contributed by atoms with Crippen LogP contribution in [0.15, 0.2) is 24.3 Å². The number of carbonyl (C=O) groups is 2. The smallest absolute Gasteiger partial charge is 0.228 e. The predicted molar refractivity (Wildman–Crippen MR) is 88.5 cm³/mol. The third-order valence-corrected chi connectivity index (χ3v) is 4.84. The Morgan fingerprint density at radius 1 is 1.35 bits per heavy atom. The number of para-hydroxylation sites is 1. The number of halogens is 1. The highest BCUT2D eigenvalue weighted by molar-refractivity contribution is 6.33. The second kappa shape index (κ2) is 6.89. The molecule has 0 bridgehead atoms. The highest BCUT2D eigenvalue weighted by Gasteiger charge is 2.38. The summed E-state index contributed by atoms with van der Waals surface area (Å²) in [4.78, 5) is 28.5. The van der Waals surface area contributed by atoms with Crippen molar-refractivity contribution in [2.75, 3.05) is 31.1 Å². The summed E-state index contributed by atoms with van der Waals surface area (Å²) in [5.74, 6) is -0.291. The van der Waals surface area contributed by atoms with E-state index < -0.39 is 0 Å². The van der Waals surface area contributed by atoms with Gasteiger partial charge in [0.25, 0.3) is 0 Å². The Hall–Kier alpha value is -1.59. The van der Waals surface area contributed by atoms with Gasteiger partial charge in [-0.3, -0.25) is 9.59 Å². The molecule has 2 fully saturated rings. The second-order valence-electron chi connectivity index (χ2n) is 6.04. The summed E-state index contributed by atoms with van der Waals surface area (Å²) in [6.45, 7) is 4.24. The van der Waals surface area contributed by atoms with Crippen molar-refractivity contribution in [3.05, 3.63) is 29.3 Å². The molecule has 5 nitrogen and oxygen atoms in total. The lowest BCUT2D eigenvalue weighted by atomic mass is 10.1. The number of nitrogens with zero attached hydrogens (tertiary/aromatic N) is 2. The maximum Gasteiger partial charge on any atom is 0.228 e. The van der Waals surface area contributed by atoms with Crippen LogP contribution in [0.4, 0.5) is 5.69 Å². The molecule has 0 spiro atoms. The molecule has 2 unspecified atom stereocenters. The molecule has 0 saturated carbocycles. The molecule has 3 rings (SSSR count). The maximum atomic E-state index is 12.7. The zero-order chi connectivity index (χ0) is 16.4. The molecule has 0 aromatic heterocycles. The first-order chi connectivity index (χ1) is 11.1. The summed E-state index contributed by atoms with van der Waals surface area (Å²) in [6, 6.07) is 7.24. The van der Waals surface area contributed by atoms with Crippen LogP contribution < -0.4 is 4.90 Å². The normalized spacial score (nSPS) is 25.0. The molecule has 124 valence electrons. The Morgan fingerprint density at radius 2 is 2.13 bits per heavy atom. The number of hydrogen-bond donors (Lipinski definition) is 0. The summed E-state index contributed by atoms with van der Waals surface area (Å²) in [7, 11) is 0. The first kappa shape index (κ1) is 16.3. The van der Waals surface area contributed by atoms with Crippen LogP contribution in [0.25, 0.3) is 0 Å². The third-order valence-electron chi connectivity index (χ3n) is 4.52. The summed E-state index contributed by atoms with van der Waals surface area (Å²) in [6.07, 6.45) is 1.24. The van der Waals surface area contributed by atoms with E-state index in [2.05, 4.69) is 6.92 Å². The van der Waals surface area contributed by atoms with Crippen molar-refractivity contribution in [3.63, 3.8) is 0 Å². The molecular formula is C17H21ClN2O3. The van der Waals surface area contributed by atoms with Crippen LogP contribution in [0.3, 0.4) is 0 Å². The molecule has 2 amide bonds. The van der Waals surface area contributed by atoms with Crippen LogP contribution in [0.2, 0.25) is 5.02 Å². The SMILES string of the molecule is CCC1CN(C(=O)C2CC(=O)N(c3ccccc3Cl)C2)CCO1. The Bertz CT molecular complexity index is 607. The van der Waals surface area contributed by atoms with Gasteiger partial charge in [0.2, 0.25) is 11.8 Å².